The molecule has 2 aromatic carbocycles. The molecule has 0 aromatic heterocycles. The molecule has 1 amide bonds. The van der Waals surface area contributed by atoms with Crippen LogP contribution >= 0.6 is 0 Å². The van der Waals surface area contributed by atoms with Crippen LogP contribution in [-0.2, 0) is 0 Å². The molecule has 2 rings (SSSR count). The van der Waals surface area contributed by atoms with E-state index in [1.165, 1.54) is 17.0 Å². The summed E-state index contributed by atoms with van der Waals surface area (Å²) in [4.78, 5) is 24.8. The second kappa shape index (κ2) is 5.92. The standard InChI is InChI=1S/C15H12GeNO3/c1-17(13-7-5-12(16)6-8-13)14(18)10-3-2-4-11(9-10)15(19)20/h2-9H,1H3,(H,19,20). The Morgan fingerprint density at radius 2 is 1.65 bits per heavy atom. The van der Waals surface area contributed by atoms with Crippen molar-refractivity contribution in [2.45, 2.75) is 0 Å². The maximum atomic E-state index is 12.3. The van der Waals surface area contributed by atoms with E-state index in [2.05, 4.69) is 0 Å². The fraction of sp³-hybridized carbons (Fsp3) is 0.0667. The SMILES string of the molecule is CN(C(=O)c1cccc(C(=O)O)c1)c1cc[c]([Ge])cc1. The van der Waals surface area contributed by atoms with E-state index in [1.54, 1.807) is 19.2 Å². The van der Waals surface area contributed by atoms with Crippen LogP contribution in [0.5, 0.6) is 0 Å². The zero-order chi connectivity index (χ0) is 14.7. The van der Waals surface area contributed by atoms with E-state index in [9.17, 15) is 9.59 Å². The summed E-state index contributed by atoms with van der Waals surface area (Å²) in [6, 6.07) is 13.6. The number of hydrogen-bond acceptors (Lipinski definition) is 2. The summed E-state index contributed by atoms with van der Waals surface area (Å²) in [5.41, 5.74) is 1.22. The van der Waals surface area contributed by atoms with Crippen molar-refractivity contribution in [1.29, 1.82) is 0 Å². The van der Waals surface area contributed by atoms with Gasteiger partial charge in [0.05, 0.1) is 0 Å². The van der Waals surface area contributed by atoms with Crippen LogP contribution in [0.25, 0.3) is 0 Å². The second-order valence-corrected chi connectivity index (χ2v) is 5.51. The second-order valence-electron chi connectivity index (χ2n) is 4.30. The van der Waals surface area contributed by atoms with Gasteiger partial charge in [-0.1, -0.05) is 0 Å². The van der Waals surface area contributed by atoms with E-state index >= 15 is 0 Å². The Bertz CT molecular complexity index is 652. The number of nitrogens with zero attached hydrogens (tertiary/aromatic N) is 1. The van der Waals surface area contributed by atoms with Gasteiger partial charge in [0.25, 0.3) is 0 Å². The van der Waals surface area contributed by atoms with Crippen LogP contribution < -0.4 is 9.30 Å². The Morgan fingerprint density at radius 3 is 2.25 bits per heavy atom. The average Bonchev–Trinajstić information content (AvgIpc) is 2.46. The summed E-state index contributed by atoms with van der Waals surface area (Å²) < 4.78 is 1.11. The van der Waals surface area contributed by atoms with Crippen molar-refractivity contribution in [2.24, 2.45) is 0 Å². The molecule has 0 saturated carbocycles. The van der Waals surface area contributed by atoms with Gasteiger partial charge in [-0.3, -0.25) is 0 Å². The summed E-state index contributed by atoms with van der Waals surface area (Å²) in [6.07, 6.45) is 0. The summed E-state index contributed by atoms with van der Waals surface area (Å²) in [5, 5.41) is 8.95. The molecule has 0 bridgehead atoms. The van der Waals surface area contributed by atoms with E-state index in [0.717, 1.165) is 10.1 Å². The minimum absolute atomic E-state index is 0.105. The number of benzene rings is 2. The fourth-order valence-electron chi connectivity index (χ4n) is 1.78. The first kappa shape index (κ1) is 14.3. The van der Waals surface area contributed by atoms with Crippen LogP contribution in [0.4, 0.5) is 5.69 Å². The molecule has 0 atom stereocenters. The number of aromatic carboxylic acids is 1. The van der Waals surface area contributed by atoms with Gasteiger partial charge in [-0.25, -0.2) is 0 Å². The van der Waals surface area contributed by atoms with Crippen LogP contribution in [0.2, 0.25) is 0 Å². The number of carbonyl (C=O) groups excluding carboxylic acids is 1. The Morgan fingerprint density at radius 1 is 1.05 bits per heavy atom. The van der Waals surface area contributed by atoms with Crippen molar-refractivity contribution < 1.29 is 14.7 Å². The molecule has 20 heavy (non-hydrogen) atoms. The number of carbonyl (C=O) groups is 2. The molecule has 1 N–H and O–H groups in total. The van der Waals surface area contributed by atoms with Gasteiger partial charge >= 0.3 is 125 Å². The molecule has 0 spiro atoms. The third-order valence-electron chi connectivity index (χ3n) is 2.92. The topological polar surface area (TPSA) is 57.6 Å². The van der Waals surface area contributed by atoms with E-state index in [0.29, 0.717) is 5.56 Å². The van der Waals surface area contributed by atoms with Crippen LogP contribution in [0, 0.1) is 0 Å². The van der Waals surface area contributed by atoms with Crippen molar-refractivity contribution in [3.63, 3.8) is 0 Å². The molecular formula is C15H12GeNO3. The molecule has 0 aliphatic carbocycles. The predicted octanol–water partition coefficient (Wildman–Crippen LogP) is 1.46. The fourth-order valence-corrected chi connectivity index (χ4v) is 2.13. The van der Waals surface area contributed by atoms with Crippen molar-refractivity contribution >= 4 is 38.5 Å². The molecular weight excluding hydrogens is 315 g/mol. The summed E-state index contributed by atoms with van der Waals surface area (Å²) in [5.74, 6) is -1.28. The first-order valence-electron chi connectivity index (χ1n) is 5.92. The number of anilines is 1. The zero-order valence-corrected chi connectivity index (χ0v) is 12.9. The molecule has 99 valence electrons. The summed E-state index contributed by atoms with van der Waals surface area (Å²) in [6.45, 7) is 0. The van der Waals surface area contributed by atoms with Gasteiger partial charge in [-0.2, -0.15) is 0 Å². The van der Waals surface area contributed by atoms with Gasteiger partial charge in [-0.15, -0.1) is 0 Å². The Hall–Kier alpha value is -2.08. The van der Waals surface area contributed by atoms with E-state index in [4.69, 9.17) is 5.11 Å². The normalized spacial score (nSPS) is 10.1. The van der Waals surface area contributed by atoms with Gasteiger partial charge in [-0.05, 0) is 0 Å². The van der Waals surface area contributed by atoms with E-state index < -0.39 is 5.97 Å². The van der Waals surface area contributed by atoms with Crippen LogP contribution in [0.1, 0.15) is 20.7 Å². The number of carboxylic acid groups (broad SMARTS) is 1. The molecule has 0 aliphatic rings. The quantitative estimate of drug-likeness (QED) is 0.869. The van der Waals surface area contributed by atoms with Crippen LogP contribution in [0.15, 0.2) is 48.5 Å². The Balaban J connectivity index is 2.28. The number of hydrogen-bond donors (Lipinski definition) is 1. The Labute approximate surface area is 125 Å². The first-order valence-corrected chi connectivity index (χ1v) is 6.97. The van der Waals surface area contributed by atoms with E-state index in [-0.39, 0.29) is 11.5 Å². The average molecular weight is 327 g/mol. The molecule has 0 unspecified atom stereocenters. The third kappa shape index (κ3) is 3.08. The van der Waals surface area contributed by atoms with Crippen molar-refractivity contribution in [2.75, 3.05) is 11.9 Å². The molecule has 0 aliphatic heterocycles. The predicted molar refractivity (Wildman–Crippen MR) is 78.0 cm³/mol. The van der Waals surface area contributed by atoms with Gasteiger partial charge in [0.15, 0.2) is 0 Å². The van der Waals surface area contributed by atoms with Gasteiger partial charge in [0.2, 0.25) is 0 Å². The van der Waals surface area contributed by atoms with Crippen LogP contribution in [0.3, 0.4) is 0 Å². The van der Waals surface area contributed by atoms with Gasteiger partial charge in [0, 0.05) is 0 Å². The molecule has 3 radical (unpaired) electrons. The number of carboxylic acids is 1. The zero-order valence-electron chi connectivity index (χ0n) is 10.8. The van der Waals surface area contributed by atoms with Crippen molar-refractivity contribution in [3.8, 4) is 0 Å². The van der Waals surface area contributed by atoms with Gasteiger partial charge in [0.1, 0.15) is 0 Å². The molecule has 5 heteroatoms. The maximum absolute atomic E-state index is 12.3. The van der Waals surface area contributed by atoms with Crippen LogP contribution in [-0.4, -0.2) is 40.5 Å². The molecule has 0 fully saturated rings. The minimum atomic E-state index is -1.04. The van der Waals surface area contributed by atoms with Gasteiger partial charge < -0.3 is 0 Å². The Kier molecular flexibility index (Phi) is 4.24. The van der Waals surface area contributed by atoms with Crippen molar-refractivity contribution in [3.05, 3.63) is 59.7 Å². The monoisotopic (exact) mass is 328 g/mol. The molecule has 2 aromatic rings. The summed E-state index contributed by atoms with van der Waals surface area (Å²) in [7, 11) is 1.67. The number of rotatable bonds is 3. The number of amides is 1. The molecule has 4 nitrogen and oxygen atoms in total. The van der Waals surface area contributed by atoms with E-state index in [1.807, 2.05) is 40.8 Å². The van der Waals surface area contributed by atoms with Crippen molar-refractivity contribution in [1.82, 2.24) is 0 Å². The third-order valence-corrected chi connectivity index (χ3v) is 3.62. The summed E-state index contributed by atoms with van der Waals surface area (Å²) >= 11 is 1.97. The molecule has 0 heterocycles. The first-order chi connectivity index (χ1) is 9.49. The molecule has 0 saturated heterocycles.